The van der Waals surface area contributed by atoms with E-state index >= 15 is 0 Å². The predicted octanol–water partition coefficient (Wildman–Crippen LogP) is 4.49. The van der Waals surface area contributed by atoms with Crippen molar-refractivity contribution in [1.29, 1.82) is 0 Å². The van der Waals surface area contributed by atoms with Gasteiger partial charge in [0.1, 0.15) is 5.75 Å². The van der Waals surface area contributed by atoms with Crippen molar-refractivity contribution >= 4 is 17.8 Å². The standard InChI is InChI=1S/C34H34N2O6/c37-31-14-15-32(38)42-34(41-31)29-12-6-5-11-28(29)33(39)36(34)24-26-16-20-35(21-17-26)22-18-27-10-4-7-13-30(27)40-23-19-25-8-2-1-3-9-25/h1-15,26H,16-24H2. The number of hydrogen-bond acceptors (Lipinski definition) is 7. The molecule has 6 rings (SSSR count). The van der Waals surface area contributed by atoms with Crippen molar-refractivity contribution in [1.82, 2.24) is 9.80 Å². The van der Waals surface area contributed by atoms with E-state index in [0.29, 0.717) is 24.3 Å². The maximum absolute atomic E-state index is 13.5. The van der Waals surface area contributed by atoms with E-state index in [4.69, 9.17) is 14.2 Å². The van der Waals surface area contributed by atoms with Crippen molar-refractivity contribution in [3.05, 3.63) is 113 Å². The highest BCUT2D eigenvalue weighted by molar-refractivity contribution is 6.01. The molecule has 0 atom stereocenters. The number of rotatable bonds is 9. The smallest absolute Gasteiger partial charge is 0.375 e. The van der Waals surface area contributed by atoms with Crippen LogP contribution in [-0.2, 0) is 37.8 Å². The number of likely N-dealkylation sites (tertiary alicyclic amines) is 1. The minimum absolute atomic E-state index is 0.165. The Hall–Kier alpha value is -4.43. The highest BCUT2D eigenvalue weighted by atomic mass is 16.8. The third-order valence-corrected chi connectivity index (χ3v) is 8.24. The Morgan fingerprint density at radius 3 is 2.21 bits per heavy atom. The summed E-state index contributed by atoms with van der Waals surface area (Å²) in [6.07, 6.45) is 5.55. The van der Waals surface area contributed by atoms with E-state index in [9.17, 15) is 14.4 Å². The number of hydrogen-bond donors (Lipinski definition) is 0. The Labute approximate surface area is 245 Å². The second kappa shape index (κ2) is 12.2. The Kier molecular flexibility index (Phi) is 8.06. The quantitative estimate of drug-likeness (QED) is 0.353. The third-order valence-electron chi connectivity index (χ3n) is 8.24. The van der Waals surface area contributed by atoms with E-state index in [1.165, 1.54) is 16.0 Å². The summed E-state index contributed by atoms with van der Waals surface area (Å²) in [6, 6.07) is 25.4. The summed E-state index contributed by atoms with van der Waals surface area (Å²) >= 11 is 0. The van der Waals surface area contributed by atoms with Crippen LogP contribution in [0.2, 0.25) is 0 Å². The average molecular weight is 567 g/mol. The molecule has 0 aromatic heterocycles. The van der Waals surface area contributed by atoms with Gasteiger partial charge in [-0.15, -0.1) is 0 Å². The first-order valence-electron chi connectivity index (χ1n) is 14.5. The average Bonchev–Trinajstić information content (AvgIpc) is 3.11. The normalized spacial score (nSPS) is 18.5. The Morgan fingerprint density at radius 2 is 1.45 bits per heavy atom. The van der Waals surface area contributed by atoms with Gasteiger partial charge in [0.25, 0.3) is 5.91 Å². The summed E-state index contributed by atoms with van der Waals surface area (Å²) in [4.78, 5) is 42.2. The van der Waals surface area contributed by atoms with Crippen LogP contribution in [0.5, 0.6) is 5.75 Å². The highest BCUT2D eigenvalue weighted by Crippen LogP contribution is 2.43. The molecular formula is C34H34N2O6. The van der Waals surface area contributed by atoms with E-state index in [1.807, 2.05) is 30.3 Å². The molecule has 0 aliphatic carbocycles. The van der Waals surface area contributed by atoms with Gasteiger partial charge in [0.2, 0.25) is 0 Å². The zero-order valence-corrected chi connectivity index (χ0v) is 23.4. The fourth-order valence-corrected chi connectivity index (χ4v) is 5.99. The molecule has 42 heavy (non-hydrogen) atoms. The summed E-state index contributed by atoms with van der Waals surface area (Å²) in [5, 5.41) is 0. The van der Waals surface area contributed by atoms with Crippen molar-refractivity contribution in [3.8, 4) is 5.75 Å². The molecule has 3 aliphatic rings. The van der Waals surface area contributed by atoms with E-state index in [-0.39, 0.29) is 11.8 Å². The number of fused-ring (bicyclic) bond motifs is 2. The molecule has 3 aromatic rings. The number of para-hydroxylation sites is 1. The molecule has 216 valence electrons. The van der Waals surface area contributed by atoms with Crippen LogP contribution >= 0.6 is 0 Å². The minimum atomic E-state index is -1.88. The minimum Gasteiger partial charge on any atom is -0.493 e. The third kappa shape index (κ3) is 5.81. The van der Waals surface area contributed by atoms with Crippen LogP contribution in [0.3, 0.4) is 0 Å². The van der Waals surface area contributed by atoms with Gasteiger partial charge in [0.05, 0.1) is 17.7 Å². The fourth-order valence-electron chi connectivity index (χ4n) is 5.99. The molecule has 1 spiro atoms. The summed E-state index contributed by atoms with van der Waals surface area (Å²) in [5.41, 5.74) is 3.21. The van der Waals surface area contributed by atoms with Gasteiger partial charge >= 0.3 is 17.8 Å². The summed E-state index contributed by atoms with van der Waals surface area (Å²) in [5.74, 6) is -2.54. The molecule has 0 radical (unpaired) electrons. The summed E-state index contributed by atoms with van der Waals surface area (Å²) < 4.78 is 17.5. The van der Waals surface area contributed by atoms with Gasteiger partial charge in [-0.1, -0.05) is 60.7 Å². The largest absolute Gasteiger partial charge is 0.493 e. The number of amides is 1. The number of carbonyl (C=O) groups is 3. The first-order valence-corrected chi connectivity index (χ1v) is 14.5. The second-order valence-electron chi connectivity index (χ2n) is 10.9. The van der Waals surface area contributed by atoms with E-state index in [1.54, 1.807) is 24.3 Å². The monoisotopic (exact) mass is 566 g/mol. The first kappa shape index (κ1) is 27.7. The SMILES string of the molecule is O=C1C=CC(=O)OC2(O1)c1ccccc1C(=O)N2CC1CCN(CCc2ccccc2OCCc2ccccc2)CC1. The number of piperidine rings is 1. The molecule has 8 heteroatoms. The predicted molar refractivity (Wildman–Crippen MR) is 155 cm³/mol. The van der Waals surface area contributed by atoms with Gasteiger partial charge in [0, 0.05) is 31.7 Å². The Bertz CT molecular complexity index is 1460. The van der Waals surface area contributed by atoms with E-state index in [0.717, 1.165) is 63.2 Å². The van der Waals surface area contributed by atoms with Crippen LogP contribution in [0.1, 0.15) is 39.9 Å². The lowest BCUT2D eigenvalue weighted by Crippen LogP contribution is -2.52. The molecule has 0 N–H and O–H groups in total. The maximum atomic E-state index is 13.5. The molecule has 0 saturated carbocycles. The van der Waals surface area contributed by atoms with Crippen molar-refractivity contribution < 1.29 is 28.6 Å². The number of ether oxygens (including phenoxy) is 3. The van der Waals surface area contributed by atoms with Gasteiger partial charge < -0.3 is 19.1 Å². The molecule has 3 heterocycles. The Morgan fingerprint density at radius 1 is 0.786 bits per heavy atom. The van der Waals surface area contributed by atoms with Gasteiger partial charge in [0.15, 0.2) is 0 Å². The van der Waals surface area contributed by atoms with Crippen LogP contribution in [0.15, 0.2) is 91.0 Å². The molecule has 3 aromatic carbocycles. The molecule has 1 saturated heterocycles. The topological polar surface area (TPSA) is 85.4 Å². The van der Waals surface area contributed by atoms with Crippen LogP contribution in [0.25, 0.3) is 0 Å². The van der Waals surface area contributed by atoms with Crippen molar-refractivity contribution in [2.45, 2.75) is 31.6 Å². The number of nitrogens with zero attached hydrogens (tertiary/aromatic N) is 2. The first-order chi connectivity index (χ1) is 20.5. The number of benzene rings is 3. The molecule has 3 aliphatic heterocycles. The molecule has 0 unspecified atom stereocenters. The lowest BCUT2D eigenvalue weighted by atomic mass is 9.95. The van der Waals surface area contributed by atoms with E-state index in [2.05, 4.69) is 29.2 Å². The number of esters is 2. The van der Waals surface area contributed by atoms with E-state index < -0.39 is 17.8 Å². The van der Waals surface area contributed by atoms with Gasteiger partial charge in [-0.3, -0.25) is 9.69 Å². The second-order valence-corrected chi connectivity index (χ2v) is 10.9. The molecule has 1 amide bonds. The van der Waals surface area contributed by atoms with Gasteiger partial charge in [-0.25, -0.2) is 9.59 Å². The van der Waals surface area contributed by atoms with Crippen molar-refractivity contribution in [2.75, 3.05) is 32.8 Å². The molecule has 1 fully saturated rings. The fraction of sp³-hybridized carbons (Fsp3) is 0.324. The number of carbonyl (C=O) groups excluding carboxylic acids is 3. The lowest BCUT2D eigenvalue weighted by Gasteiger charge is -2.39. The summed E-state index contributed by atoms with van der Waals surface area (Å²) in [7, 11) is 0. The molecular weight excluding hydrogens is 532 g/mol. The van der Waals surface area contributed by atoms with Crippen molar-refractivity contribution in [2.24, 2.45) is 5.92 Å². The van der Waals surface area contributed by atoms with Gasteiger partial charge in [-0.2, -0.15) is 0 Å². The van der Waals surface area contributed by atoms with Gasteiger partial charge in [-0.05, 0) is 67.6 Å². The zero-order chi connectivity index (χ0) is 28.9. The summed E-state index contributed by atoms with van der Waals surface area (Å²) in [6.45, 7) is 3.62. The highest BCUT2D eigenvalue weighted by Gasteiger charge is 2.57. The van der Waals surface area contributed by atoms with Crippen LogP contribution in [0, 0.1) is 5.92 Å². The van der Waals surface area contributed by atoms with Crippen LogP contribution in [0.4, 0.5) is 0 Å². The maximum Gasteiger partial charge on any atom is 0.375 e. The Balaban J connectivity index is 1.05. The van der Waals surface area contributed by atoms with Crippen molar-refractivity contribution in [3.63, 3.8) is 0 Å². The van der Waals surface area contributed by atoms with Crippen LogP contribution < -0.4 is 4.74 Å². The zero-order valence-electron chi connectivity index (χ0n) is 23.4. The molecule has 0 bridgehead atoms. The van der Waals surface area contributed by atoms with Crippen LogP contribution in [-0.4, -0.2) is 60.4 Å². The molecule has 8 nitrogen and oxygen atoms in total. The lowest BCUT2D eigenvalue weighted by molar-refractivity contribution is -0.275.